The van der Waals surface area contributed by atoms with Crippen LogP contribution in [-0.4, -0.2) is 34.2 Å². The molecule has 7 nitrogen and oxygen atoms in total. The van der Waals surface area contributed by atoms with E-state index in [9.17, 15) is 14.0 Å². The predicted molar refractivity (Wildman–Crippen MR) is 97.2 cm³/mol. The predicted octanol–water partition coefficient (Wildman–Crippen LogP) is 1.76. The van der Waals surface area contributed by atoms with Crippen molar-refractivity contribution in [3.05, 3.63) is 46.9 Å². The number of hydrogen-bond acceptors (Lipinski definition) is 4. The Morgan fingerprint density at radius 2 is 2.08 bits per heavy atom. The molecule has 0 spiro atoms. The van der Waals surface area contributed by atoms with Crippen LogP contribution in [0.25, 0.3) is 0 Å². The zero-order valence-corrected chi connectivity index (χ0v) is 15.3. The van der Waals surface area contributed by atoms with Crippen LogP contribution in [0.15, 0.2) is 30.5 Å². The highest BCUT2D eigenvalue weighted by atomic mass is 35.5. The Bertz CT molecular complexity index is 793. The van der Waals surface area contributed by atoms with Crippen molar-refractivity contribution in [2.24, 2.45) is 11.7 Å². The van der Waals surface area contributed by atoms with Gasteiger partial charge in [0.1, 0.15) is 11.6 Å². The topological polar surface area (TPSA) is 102 Å². The van der Waals surface area contributed by atoms with Crippen LogP contribution in [0, 0.1) is 11.7 Å². The van der Waals surface area contributed by atoms with Crippen molar-refractivity contribution >= 4 is 29.2 Å². The van der Waals surface area contributed by atoms with Crippen LogP contribution in [0.1, 0.15) is 19.4 Å². The zero-order chi connectivity index (χ0) is 19.3. The summed E-state index contributed by atoms with van der Waals surface area (Å²) in [5, 5.41) is 9.28. The molecule has 1 aromatic carbocycles. The van der Waals surface area contributed by atoms with Crippen LogP contribution in [0.3, 0.4) is 0 Å². The second-order valence-corrected chi connectivity index (χ2v) is 6.57. The monoisotopic (exact) mass is 381 g/mol. The molecule has 0 saturated carbocycles. The van der Waals surface area contributed by atoms with Crippen molar-refractivity contribution < 1.29 is 14.0 Å². The third kappa shape index (κ3) is 5.27. The van der Waals surface area contributed by atoms with Crippen LogP contribution in [0.4, 0.5) is 10.2 Å². The highest BCUT2D eigenvalue weighted by Gasteiger charge is 2.18. The van der Waals surface area contributed by atoms with E-state index in [0.717, 1.165) is 0 Å². The molecule has 1 atom stereocenters. The number of benzene rings is 1. The number of aromatic nitrogens is 2. The van der Waals surface area contributed by atoms with Crippen molar-refractivity contribution in [1.82, 2.24) is 15.1 Å². The van der Waals surface area contributed by atoms with E-state index in [1.807, 2.05) is 13.8 Å². The number of rotatable bonds is 7. The smallest absolute Gasteiger partial charge is 0.244 e. The molecule has 0 aliphatic carbocycles. The summed E-state index contributed by atoms with van der Waals surface area (Å²) in [5.74, 6) is -0.934. The van der Waals surface area contributed by atoms with Crippen molar-refractivity contribution in [3.63, 3.8) is 0 Å². The first-order valence-electron chi connectivity index (χ1n) is 8.06. The number of anilines is 1. The number of hydrogen-bond donors (Lipinski definition) is 3. The van der Waals surface area contributed by atoms with Crippen LogP contribution in [0.5, 0.6) is 0 Å². The van der Waals surface area contributed by atoms with Crippen LogP contribution in [-0.2, 0) is 16.1 Å². The fraction of sp³-hybridized carbons (Fsp3) is 0.353. The first-order chi connectivity index (χ1) is 12.3. The number of nitrogens with one attached hydrogen (secondary N) is 2. The van der Waals surface area contributed by atoms with Crippen LogP contribution in [0.2, 0.25) is 5.02 Å². The van der Waals surface area contributed by atoms with Crippen molar-refractivity contribution in [2.45, 2.75) is 26.4 Å². The minimum absolute atomic E-state index is 0.0285. The summed E-state index contributed by atoms with van der Waals surface area (Å²) in [6.07, 6.45) is 1.51. The first kappa shape index (κ1) is 19.9. The van der Waals surface area contributed by atoms with E-state index >= 15 is 0 Å². The molecular formula is C17H21ClFN5O2. The lowest BCUT2D eigenvalue weighted by molar-refractivity contribution is -0.125. The first-order valence-corrected chi connectivity index (χ1v) is 8.44. The third-order valence-electron chi connectivity index (χ3n) is 3.74. The average Bonchev–Trinajstić information content (AvgIpc) is 3.01. The van der Waals surface area contributed by atoms with E-state index in [0.29, 0.717) is 11.4 Å². The SMILES string of the molecule is CC(C)[C@H](N)C(=O)NCC(=O)Nc1ccnn1Cc1ccc(Cl)c(F)c1. The molecular weight excluding hydrogens is 361 g/mol. The number of nitrogens with zero attached hydrogens (tertiary/aromatic N) is 2. The Labute approximate surface area is 155 Å². The van der Waals surface area contributed by atoms with E-state index in [1.54, 1.807) is 12.1 Å². The lowest BCUT2D eigenvalue weighted by atomic mass is 10.1. The number of carbonyl (C=O) groups excluding carboxylic acids is 2. The van der Waals surface area contributed by atoms with Crippen molar-refractivity contribution in [3.8, 4) is 0 Å². The average molecular weight is 382 g/mol. The van der Waals surface area contributed by atoms with Crippen LogP contribution < -0.4 is 16.4 Å². The van der Waals surface area contributed by atoms with E-state index < -0.39 is 17.8 Å². The van der Waals surface area contributed by atoms with Gasteiger partial charge in [0, 0.05) is 6.07 Å². The summed E-state index contributed by atoms with van der Waals surface area (Å²) in [7, 11) is 0. The Kier molecular flexibility index (Phi) is 6.70. The van der Waals surface area contributed by atoms with E-state index in [4.69, 9.17) is 17.3 Å². The van der Waals surface area contributed by atoms with Gasteiger partial charge in [-0.2, -0.15) is 5.10 Å². The molecule has 0 aliphatic heterocycles. The minimum atomic E-state index is -0.673. The van der Waals surface area contributed by atoms with E-state index in [1.165, 1.54) is 23.0 Å². The lowest BCUT2D eigenvalue weighted by Crippen LogP contribution is -2.46. The van der Waals surface area contributed by atoms with Gasteiger partial charge in [0.05, 0.1) is 30.4 Å². The van der Waals surface area contributed by atoms with Gasteiger partial charge in [0.15, 0.2) is 0 Å². The molecule has 26 heavy (non-hydrogen) atoms. The molecule has 0 radical (unpaired) electrons. The Morgan fingerprint density at radius 3 is 2.73 bits per heavy atom. The quantitative estimate of drug-likeness (QED) is 0.680. The number of nitrogens with two attached hydrogens (primary N) is 1. The Hall–Kier alpha value is -2.45. The summed E-state index contributed by atoms with van der Waals surface area (Å²) in [4.78, 5) is 23.8. The fourth-order valence-electron chi connectivity index (χ4n) is 2.15. The molecule has 0 fully saturated rings. The molecule has 2 amide bonds. The lowest BCUT2D eigenvalue weighted by Gasteiger charge is -2.15. The summed E-state index contributed by atoms with van der Waals surface area (Å²) in [5.41, 5.74) is 6.36. The maximum atomic E-state index is 13.5. The van der Waals surface area contributed by atoms with Gasteiger partial charge in [0.25, 0.3) is 0 Å². The van der Waals surface area contributed by atoms with Gasteiger partial charge in [-0.05, 0) is 23.6 Å². The molecule has 0 aliphatic rings. The van der Waals surface area contributed by atoms with Gasteiger partial charge in [-0.25, -0.2) is 9.07 Å². The van der Waals surface area contributed by atoms with Gasteiger partial charge in [-0.3, -0.25) is 9.59 Å². The van der Waals surface area contributed by atoms with Gasteiger partial charge in [0.2, 0.25) is 11.8 Å². The molecule has 2 aromatic rings. The second kappa shape index (κ2) is 8.77. The summed E-state index contributed by atoms with van der Waals surface area (Å²) >= 11 is 5.67. The molecule has 1 aromatic heterocycles. The minimum Gasteiger partial charge on any atom is -0.346 e. The number of halogens is 2. The maximum Gasteiger partial charge on any atom is 0.244 e. The molecule has 1 heterocycles. The molecule has 0 bridgehead atoms. The Morgan fingerprint density at radius 1 is 1.35 bits per heavy atom. The molecule has 0 saturated heterocycles. The fourth-order valence-corrected chi connectivity index (χ4v) is 2.27. The summed E-state index contributed by atoms with van der Waals surface area (Å²) in [6, 6.07) is 5.37. The highest BCUT2D eigenvalue weighted by molar-refractivity contribution is 6.30. The summed E-state index contributed by atoms with van der Waals surface area (Å²) < 4.78 is 15.0. The Balaban J connectivity index is 1.94. The third-order valence-corrected chi connectivity index (χ3v) is 4.05. The molecule has 140 valence electrons. The summed E-state index contributed by atoms with van der Waals surface area (Å²) in [6.45, 7) is 3.69. The van der Waals surface area contributed by atoms with E-state index in [2.05, 4.69) is 15.7 Å². The van der Waals surface area contributed by atoms with Gasteiger partial charge in [-0.15, -0.1) is 0 Å². The van der Waals surface area contributed by atoms with Gasteiger partial charge < -0.3 is 16.4 Å². The largest absolute Gasteiger partial charge is 0.346 e. The molecule has 9 heteroatoms. The van der Waals surface area contributed by atoms with Crippen molar-refractivity contribution in [2.75, 3.05) is 11.9 Å². The number of carbonyl (C=O) groups is 2. The van der Waals surface area contributed by atoms with Crippen molar-refractivity contribution in [1.29, 1.82) is 0 Å². The molecule has 0 unspecified atom stereocenters. The normalized spacial score (nSPS) is 12.1. The molecule has 2 rings (SSSR count). The second-order valence-electron chi connectivity index (χ2n) is 6.16. The van der Waals surface area contributed by atoms with E-state index in [-0.39, 0.29) is 29.9 Å². The van der Waals surface area contributed by atoms with Gasteiger partial charge >= 0.3 is 0 Å². The standard InChI is InChI=1S/C17H21ClFN5O2/c1-10(2)16(20)17(26)21-8-15(25)23-14-5-6-22-24(14)9-11-3-4-12(18)13(19)7-11/h3-7,10,16H,8-9,20H2,1-2H3,(H,21,26)(H,23,25)/t16-/m0/s1. The highest BCUT2D eigenvalue weighted by Crippen LogP contribution is 2.17. The maximum absolute atomic E-state index is 13.5. The zero-order valence-electron chi connectivity index (χ0n) is 14.5. The molecule has 4 N–H and O–H groups in total. The van der Waals surface area contributed by atoms with Gasteiger partial charge in [-0.1, -0.05) is 31.5 Å². The number of amides is 2. The van der Waals surface area contributed by atoms with Crippen LogP contribution >= 0.6 is 11.6 Å².